The summed E-state index contributed by atoms with van der Waals surface area (Å²) in [4.78, 5) is 24.2. The van der Waals surface area contributed by atoms with Gasteiger partial charge < -0.3 is 14.4 Å². The molecule has 1 aliphatic heterocycles. The summed E-state index contributed by atoms with van der Waals surface area (Å²) in [5, 5.41) is -0.352. The molecule has 0 aliphatic carbocycles. The number of hydrogen-bond donors (Lipinski definition) is 1. The number of rotatable bonds is 9. The highest BCUT2D eigenvalue weighted by molar-refractivity contribution is 7.90. The SMILES string of the molecule is COc1cccc(S(=O)(=O)NC(=O)c2ccc(-c3cc(F)cc(OCC(C)C)c3)nc2N2C[C@@H](C)CC2(C)C)n1. The number of sulfonamides is 1. The van der Waals surface area contributed by atoms with Gasteiger partial charge in [-0.3, -0.25) is 4.79 Å². The van der Waals surface area contributed by atoms with Gasteiger partial charge in [-0.15, -0.1) is 0 Å². The van der Waals surface area contributed by atoms with Gasteiger partial charge in [-0.25, -0.2) is 14.1 Å². The quantitative estimate of drug-likeness (QED) is 0.380. The molecule has 0 unspecified atom stereocenters. The second-order valence-corrected chi connectivity index (χ2v) is 12.8. The zero-order valence-electron chi connectivity index (χ0n) is 23.6. The van der Waals surface area contributed by atoms with E-state index in [4.69, 9.17) is 14.5 Å². The van der Waals surface area contributed by atoms with Crippen molar-refractivity contribution in [2.45, 2.75) is 51.6 Å². The summed E-state index contributed by atoms with van der Waals surface area (Å²) in [6, 6.07) is 11.7. The first-order chi connectivity index (χ1) is 18.8. The molecular formula is C29H35FN4O5S. The van der Waals surface area contributed by atoms with Crippen LogP contribution in [-0.2, 0) is 10.0 Å². The van der Waals surface area contributed by atoms with Crippen LogP contribution in [-0.4, -0.2) is 50.1 Å². The Morgan fingerprint density at radius 3 is 2.58 bits per heavy atom. The molecular weight excluding hydrogens is 535 g/mol. The van der Waals surface area contributed by atoms with Gasteiger partial charge in [-0.2, -0.15) is 13.4 Å². The summed E-state index contributed by atoms with van der Waals surface area (Å²) in [7, 11) is -2.94. The molecule has 1 fully saturated rings. The minimum atomic E-state index is -4.31. The van der Waals surface area contributed by atoms with Crippen molar-refractivity contribution >= 4 is 21.7 Å². The molecule has 9 nitrogen and oxygen atoms in total. The maximum Gasteiger partial charge on any atom is 0.281 e. The first-order valence-corrected chi connectivity index (χ1v) is 14.6. The van der Waals surface area contributed by atoms with E-state index in [2.05, 4.69) is 16.6 Å². The minimum absolute atomic E-state index is 0.0741. The van der Waals surface area contributed by atoms with E-state index in [1.54, 1.807) is 12.1 Å². The molecule has 3 aromatic rings. The van der Waals surface area contributed by atoms with Crippen LogP contribution in [0.4, 0.5) is 10.2 Å². The third-order valence-corrected chi connectivity index (χ3v) is 7.84. The zero-order valence-corrected chi connectivity index (χ0v) is 24.4. The number of pyridine rings is 2. The van der Waals surface area contributed by atoms with Gasteiger partial charge in [0.1, 0.15) is 17.4 Å². The van der Waals surface area contributed by atoms with Gasteiger partial charge in [0.25, 0.3) is 15.9 Å². The van der Waals surface area contributed by atoms with Crippen molar-refractivity contribution in [3.05, 3.63) is 59.9 Å². The van der Waals surface area contributed by atoms with Crippen LogP contribution in [0.3, 0.4) is 0 Å². The highest BCUT2D eigenvalue weighted by atomic mass is 32.2. The Balaban J connectivity index is 1.76. The predicted octanol–water partition coefficient (Wildman–Crippen LogP) is 5.07. The number of ether oxygens (including phenoxy) is 2. The number of aromatic nitrogens is 2. The van der Waals surface area contributed by atoms with E-state index in [-0.39, 0.29) is 27.9 Å². The number of methoxy groups -OCH3 is 1. The number of nitrogens with one attached hydrogen (secondary N) is 1. The molecule has 1 N–H and O–H groups in total. The van der Waals surface area contributed by atoms with E-state index < -0.39 is 21.7 Å². The Hall–Kier alpha value is -3.73. The van der Waals surface area contributed by atoms with E-state index in [1.165, 1.54) is 43.5 Å². The van der Waals surface area contributed by atoms with Crippen LogP contribution in [0, 0.1) is 17.7 Å². The lowest BCUT2D eigenvalue weighted by atomic mass is 9.97. The Kier molecular flexibility index (Phi) is 8.34. The second kappa shape index (κ2) is 11.4. The third kappa shape index (κ3) is 6.52. The minimum Gasteiger partial charge on any atom is -0.493 e. The van der Waals surface area contributed by atoms with Crippen LogP contribution in [0.15, 0.2) is 53.6 Å². The lowest BCUT2D eigenvalue weighted by Crippen LogP contribution is -2.41. The predicted molar refractivity (Wildman–Crippen MR) is 151 cm³/mol. The Morgan fingerprint density at radius 2 is 1.93 bits per heavy atom. The summed E-state index contributed by atoms with van der Waals surface area (Å²) in [6.07, 6.45) is 0.846. The molecule has 4 rings (SSSR count). The number of amides is 1. The number of anilines is 1. The molecule has 1 saturated heterocycles. The van der Waals surface area contributed by atoms with Crippen molar-refractivity contribution in [2.75, 3.05) is 25.2 Å². The Bertz CT molecular complexity index is 1510. The number of hydrogen-bond acceptors (Lipinski definition) is 8. The van der Waals surface area contributed by atoms with Crippen molar-refractivity contribution in [3.8, 4) is 22.9 Å². The average molecular weight is 571 g/mol. The second-order valence-electron chi connectivity index (χ2n) is 11.1. The van der Waals surface area contributed by atoms with Crippen LogP contribution >= 0.6 is 0 Å². The molecule has 3 heterocycles. The van der Waals surface area contributed by atoms with Crippen LogP contribution in [0.1, 0.15) is 51.4 Å². The highest BCUT2D eigenvalue weighted by Crippen LogP contribution is 2.38. The Morgan fingerprint density at radius 1 is 1.18 bits per heavy atom. The maximum atomic E-state index is 14.6. The zero-order chi connectivity index (χ0) is 29.2. The highest BCUT2D eigenvalue weighted by Gasteiger charge is 2.39. The van der Waals surface area contributed by atoms with E-state index in [9.17, 15) is 17.6 Å². The lowest BCUT2D eigenvalue weighted by molar-refractivity contribution is 0.0981. The van der Waals surface area contributed by atoms with Crippen molar-refractivity contribution in [1.82, 2.24) is 14.7 Å². The lowest BCUT2D eigenvalue weighted by Gasteiger charge is -2.34. The fourth-order valence-electron chi connectivity index (χ4n) is 4.90. The molecule has 1 atom stereocenters. The van der Waals surface area contributed by atoms with Gasteiger partial charge in [0, 0.05) is 29.8 Å². The smallest absolute Gasteiger partial charge is 0.281 e. The number of nitrogens with zero attached hydrogens (tertiary/aromatic N) is 3. The summed E-state index contributed by atoms with van der Waals surface area (Å²) < 4.78 is 53.5. The van der Waals surface area contributed by atoms with Crippen LogP contribution < -0.4 is 19.1 Å². The van der Waals surface area contributed by atoms with Crippen LogP contribution in [0.2, 0.25) is 0 Å². The molecule has 2 aromatic heterocycles. The molecule has 11 heteroatoms. The number of halogens is 1. The first-order valence-electron chi connectivity index (χ1n) is 13.1. The van der Waals surface area contributed by atoms with Crippen LogP contribution in [0.25, 0.3) is 11.3 Å². The summed E-state index contributed by atoms with van der Waals surface area (Å²) in [5.41, 5.74) is 0.615. The standard InChI is InChI=1S/C29H35FN4O5S/c1-18(2)17-39-22-13-20(12-21(30)14-22)24-11-10-23(27(31-24)34-16-19(3)15-29(34,4)5)28(35)33-40(36,37)26-9-7-8-25(32-26)38-6/h7-14,18-19H,15-17H2,1-6H3,(H,33,35)/t19-/m0/s1. The van der Waals surface area contributed by atoms with Crippen molar-refractivity contribution in [1.29, 1.82) is 0 Å². The van der Waals surface area contributed by atoms with Gasteiger partial charge >= 0.3 is 0 Å². The van der Waals surface area contributed by atoms with E-state index in [0.29, 0.717) is 41.9 Å². The molecule has 0 spiro atoms. The van der Waals surface area contributed by atoms with E-state index in [1.807, 2.05) is 32.6 Å². The van der Waals surface area contributed by atoms with Crippen molar-refractivity contribution < 1.29 is 27.1 Å². The van der Waals surface area contributed by atoms with Gasteiger partial charge in [0.15, 0.2) is 5.03 Å². The Labute approximate surface area is 234 Å². The molecule has 1 aliphatic rings. The summed E-state index contributed by atoms with van der Waals surface area (Å²) in [6.45, 7) is 11.2. The molecule has 1 aromatic carbocycles. The third-order valence-electron chi connectivity index (χ3n) is 6.61. The number of carbonyl (C=O) groups excluding carboxylic acids is 1. The molecule has 0 radical (unpaired) electrons. The van der Waals surface area contributed by atoms with Crippen LogP contribution in [0.5, 0.6) is 11.6 Å². The molecule has 214 valence electrons. The fraction of sp³-hybridized carbons (Fsp3) is 0.414. The number of benzene rings is 1. The molecule has 0 saturated carbocycles. The monoisotopic (exact) mass is 570 g/mol. The van der Waals surface area contributed by atoms with Crippen molar-refractivity contribution in [3.63, 3.8) is 0 Å². The van der Waals surface area contributed by atoms with Gasteiger partial charge in [0.05, 0.1) is 25.0 Å². The largest absolute Gasteiger partial charge is 0.493 e. The molecule has 0 bridgehead atoms. The van der Waals surface area contributed by atoms with Gasteiger partial charge in [-0.1, -0.05) is 26.8 Å². The first kappa shape index (κ1) is 29.3. The topological polar surface area (TPSA) is 111 Å². The van der Waals surface area contributed by atoms with Gasteiger partial charge in [0.2, 0.25) is 5.88 Å². The normalized spacial score (nSPS) is 16.7. The average Bonchev–Trinajstić information content (AvgIpc) is 3.17. The number of carbonyl (C=O) groups is 1. The molecule has 40 heavy (non-hydrogen) atoms. The fourth-order valence-corrected chi connectivity index (χ4v) is 5.82. The summed E-state index contributed by atoms with van der Waals surface area (Å²) in [5.74, 6) is 0.0284. The van der Waals surface area contributed by atoms with E-state index >= 15 is 0 Å². The van der Waals surface area contributed by atoms with Gasteiger partial charge in [-0.05, 0) is 62.4 Å². The van der Waals surface area contributed by atoms with E-state index in [0.717, 1.165) is 6.42 Å². The summed E-state index contributed by atoms with van der Waals surface area (Å²) >= 11 is 0. The van der Waals surface area contributed by atoms with Crippen molar-refractivity contribution in [2.24, 2.45) is 11.8 Å². The maximum absolute atomic E-state index is 14.6. The molecule has 1 amide bonds.